The van der Waals surface area contributed by atoms with Gasteiger partial charge in [-0.1, -0.05) is 0 Å². The Kier molecular flexibility index (Phi) is 2.91. The number of rotatable bonds is 2. The van der Waals surface area contributed by atoms with Crippen LogP contribution < -0.4 is 5.32 Å². The zero-order chi connectivity index (χ0) is 7.56. The molecule has 3 nitrogen and oxygen atoms in total. The number of hydrogen-bond donors (Lipinski definition) is 1. The summed E-state index contributed by atoms with van der Waals surface area (Å²) in [6, 6.07) is 0.359. The molecule has 0 heterocycles. The molecule has 0 aromatic rings. The highest BCUT2D eigenvalue weighted by Crippen LogP contribution is 2.24. The van der Waals surface area contributed by atoms with Crippen LogP contribution in [0.4, 0.5) is 0 Å². The van der Waals surface area contributed by atoms with Crippen molar-refractivity contribution in [3.05, 3.63) is 0 Å². The van der Waals surface area contributed by atoms with Crippen LogP contribution in [0.15, 0.2) is 0 Å². The molecule has 0 aromatic carbocycles. The Morgan fingerprint density at radius 1 is 1.70 bits per heavy atom. The fourth-order valence-electron chi connectivity index (χ4n) is 1.04. The van der Waals surface area contributed by atoms with Crippen molar-refractivity contribution < 1.29 is 7.86 Å². The van der Waals surface area contributed by atoms with Crippen molar-refractivity contribution in [2.24, 2.45) is 0 Å². The van der Waals surface area contributed by atoms with Gasteiger partial charge in [-0.15, -0.1) is 0 Å². The fourth-order valence-corrected chi connectivity index (χ4v) is 1.46. The van der Waals surface area contributed by atoms with Crippen molar-refractivity contribution in [3.8, 4) is 0 Å². The van der Waals surface area contributed by atoms with E-state index in [1.807, 2.05) is 23.0 Å². The molecule has 0 aromatic heterocycles. The normalized spacial score (nSPS) is 31.0. The van der Waals surface area contributed by atoms with E-state index in [9.17, 15) is 4.79 Å². The number of halogens is 1. The zero-order valence-corrected chi connectivity index (χ0v) is 7.92. The maximum absolute atomic E-state index is 10.5. The maximum atomic E-state index is 10.5. The third-order valence-corrected chi connectivity index (χ3v) is 2.35. The molecule has 1 amide bonds. The van der Waals surface area contributed by atoms with Crippen LogP contribution >= 0.6 is 23.0 Å². The SMILES string of the molecule is CC(=O)N[C@H]1C[C@@H](OI)C1. The summed E-state index contributed by atoms with van der Waals surface area (Å²) >= 11 is 1.90. The van der Waals surface area contributed by atoms with E-state index in [1.165, 1.54) is 6.92 Å². The van der Waals surface area contributed by atoms with Crippen LogP contribution in [0.1, 0.15) is 19.8 Å². The van der Waals surface area contributed by atoms with Crippen LogP contribution in [0.5, 0.6) is 0 Å². The molecule has 0 aliphatic heterocycles. The Labute approximate surface area is 74.2 Å². The summed E-state index contributed by atoms with van der Waals surface area (Å²) in [6.45, 7) is 1.54. The Hall–Kier alpha value is 0.160. The van der Waals surface area contributed by atoms with E-state index in [0.29, 0.717) is 12.1 Å². The van der Waals surface area contributed by atoms with Gasteiger partial charge in [-0.25, -0.2) is 0 Å². The lowest BCUT2D eigenvalue weighted by atomic mass is 9.89. The summed E-state index contributed by atoms with van der Waals surface area (Å²) in [5.74, 6) is 0.0527. The minimum atomic E-state index is 0.0527. The monoisotopic (exact) mass is 255 g/mol. The first-order chi connectivity index (χ1) is 4.72. The summed E-state index contributed by atoms with van der Waals surface area (Å²) in [5.41, 5.74) is 0. The number of carbonyl (C=O) groups is 1. The van der Waals surface area contributed by atoms with E-state index < -0.39 is 0 Å². The molecule has 0 bridgehead atoms. The van der Waals surface area contributed by atoms with Gasteiger partial charge in [0.15, 0.2) is 0 Å². The molecule has 10 heavy (non-hydrogen) atoms. The first-order valence-corrected chi connectivity index (χ1v) is 4.15. The molecular weight excluding hydrogens is 245 g/mol. The molecule has 0 atom stereocenters. The van der Waals surface area contributed by atoms with Gasteiger partial charge in [-0.3, -0.25) is 4.79 Å². The van der Waals surface area contributed by atoms with Crippen molar-refractivity contribution in [2.45, 2.75) is 31.9 Å². The largest absolute Gasteiger partial charge is 0.353 e. The molecule has 0 spiro atoms. The van der Waals surface area contributed by atoms with Crippen LogP contribution in [-0.4, -0.2) is 18.1 Å². The Morgan fingerprint density at radius 2 is 2.30 bits per heavy atom. The third-order valence-electron chi connectivity index (χ3n) is 1.63. The highest BCUT2D eigenvalue weighted by atomic mass is 127. The molecule has 1 rings (SSSR count). The van der Waals surface area contributed by atoms with Gasteiger partial charge in [0.05, 0.1) is 6.10 Å². The highest BCUT2D eigenvalue weighted by molar-refractivity contribution is 14.1. The van der Waals surface area contributed by atoms with Crippen molar-refractivity contribution in [3.63, 3.8) is 0 Å². The highest BCUT2D eigenvalue weighted by Gasteiger charge is 2.29. The summed E-state index contributed by atoms with van der Waals surface area (Å²) in [5, 5.41) is 2.82. The van der Waals surface area contributed by atoms with E-state index in [0.717, 1.165) is 12.8 Å². The van der Waals surface area contributed by atoms with Crippen molar-refractivity contribution in [2.75, 3.05) is 0 Å². The summed E-state index contributed by atoms with van der Waals surface area (Å²) in [7, 11) is 0. The second kappa shape index (κ2) is 3.52. The molecule has 1 N–H and O–H groups in total. The molecule has 1 saturated carbocycles. The quantitative estimate of drug-likeness (QED) is 0.748. The average Bonchev–Trinajstić information content (AvgIpc) is 1.76. The Morgan fingerprint density at radius 3 is 2.70 bits per heavy atom. The van der Waals surface area contributed by atoms with Crippen molar-refractivity contribution in [1.82, 2.24) is 5.32 Å². The fraction of sp³-hybridized carbons (Fsp3) is 0.833. The van der Waals surface area contributed by atoms with Gasteiger partial charge in [0.2, 0.25) is 5.91 Å². The topological polar surface area (TPSA) is 38.3 Å². The molecule has 1 fully saturated rings. The smallest absolute Gasteiger partial charge is 0.217 e. The number of amides is 1. The van der Waals surface area contributed by atoms with Gasteiger partial charge >= 0.3 is 0 Å². The lowest BCUT2D eigenvalue weighted by molar-refractivity contribution is -0.120. The van der Waals surface area contributed by atoms with Crippen molar-refractivity contribution >= 4 is 28.9 Å². The average molecular weight is 255 g/mol. The van der Waals surface area contributed by atoms with Crippen LogP contribution in [0.2, 0.25) is 0 Å². The van der Waals surface area contributed by atoms with Crippen molar-refractivity contribution in [1.29, 1.82) is 0 Å². The van der Waals surface area contributed by atoms with Gasteiger partial charge in [0.1, 0.15) is 23.0 Å². The van der Waals surface area contributed by atoms with E-state index in [2.05, 4.69) is 5.32 Å². The molecule has 58 valence electrons. The lowest BCUT2D eigenvalue weighted by Crippen LogP contribution is -2.46. The molecule has 1 aliphatic carbocycles. The Bertz CT molecular complexity index is 134. The molecule has 0 unspecified atom stereocenters. The Balaban J connectivity index is 2.08. The van der Waals surface area contributed by atoms with E-state index >= 15 is 0 Å². The second-order valence-corrected chi connectivity index (χ2v) is 3.09. The predicted octanol–water partition coefficient (Wildman–Crippen LogP) is 1.02. The molecule has 1 aliphatic rings. The molecule has 4 heteroatoms. The maximum Gasteiger partial charge on any atom is 0.217 e. The number of hydrogen-bond acceptors (Lipinski definition) is 2. The first-order valence-electron chi connectivity index (χ1n) is 3.27. The summed E-state index contributed by atoms with van der Waals surface area (Å²) < 4.78 is 5.02. The zero-order valence-electron chi connectivity index (χ0n) is 5.76. The van der Waals surface area contributed by atoms with E-state index in [1.54, 1.807) is 0 Å². The van der Waals surface area contributed by atoms with Gasteiger partial charge in [-0.05, 0) is 12.8 Å². The second-order valence-electron chi connectivity index (χ2n) is 2.58. The van der Waals surface area contributed by atoms with E-state index in [4.69, 9.17) is 3.07 Å². The third kappa shape index (κ3) is 2.09. The minimum Gasteiger partial charge on any atom is -0.353 e. The van der Waals surface area contributed by atoms with Crippen LogP contribution in [0.3, 0.4) is 0 Å². The standard InChI is InChI=1S/C6H10INO2/c1-4(9)8-5-2-6(3-5)10-7/h5-6H,2-3H2,1H3,(H,8,9)/t5-,6+. The minimum absolute atomic E-state index is 0.0527. The van der Waals surface area contributed by atoms with Gasteiger partial charge < -0.3 is 8.38 Å². The molecule has 0 saturated heterocycles. The number of nitrogens with one attached hydrogen (secondary N) is 1. The van der Waals surface area contributed by atoms with Crippen LogP contribution in [-0.2, 0) is 7.86 Å². The molecular formula is C6H10INO2. The van der Waals surface area contributed by atoms with Crippen LogP contribution in [0, 0.1) is 0 Å². The van der Waals surface area contributed by atoms with Crippen LogP contribution in [0.25, 0.3) is 0 Å². The lowest BCUT2D eigenvalue weighted by Gasteiger charge is -2.33. The number of carbonyl (C=O) groups excluding carboxylic acids is 1. The van der Waals surface area contributed by atoms with Gasteiger partial charge in [0.25, 0.3) is 0 Å². The van der Waals surface area contributed by atoms with Gasteiger partial charge in [-0.2, -0.15) is 0 Å². The predicted molar refractivity (Wildman–Crippen MR) is 45.7 cm³/mol. The summed E-state index contributed by atoms with van der Waals surface area (Å²) in [6.07, 6.45) is 2.28. The van der Waals surface area contributed by atoms with Gasteiger partial charge in [0, 0.05) is 13.0 Å². The first kappa shape index (κ1) is 8.26. The summed E-state index contributed by atoms with van der Waals surface area (Å²) in [4.78, 5) is 10.5. The molecule has 0 radical (unpaired) electrons. The van der Waals surface area contributed by atoms with E-state index in [-0.39, 0.29) is 5.91 Å².